The van der Waals surface area contributed by atoms with Crippen LogP contribution >= 0.6 is 0 Å². The van der Waals surface area contributed by atoms with Crippen molar-refractivity contribution in [2.45, 2.75) is 6.92 Å². The molecule has 0 aliphatic heterocycles. The van der Waals surface area contributed by atoms with Crippen molar-refractivity contribution in [1.29, 1.82) is 0 Å². The first-order chi connectivity index (χ1) is 11.7. The molecule has 7 heteroatoms. The summed E-state index contributed by atoms with van der Waals surface area (Å²) >= 11 is 0. The Morgan fingerprint density at radius 3 is 2.42 bits per heavy atom. The van der Waals surface area contributed by atoms with Crippen LogP contribution in [0.4, 0.5) is 6.01 Å². The van der Waals surface area contributed by atoms with E-state index in [1.54, 1.807) is 62.6 Å². The number of nitrogens with one attached hydrogen (secondary N) is 1. The molecular weight excluding hydrogens is 310 g/mol. The molecule has 24 heavy (non-hydrogen) atoms. The summed E-state index contributed by atoms with van der Waals surface area (Å²) in [5.74, 6) is 1.69. The van der Waals surface area contributed by atoms with Crippen LogP contribution in [0, 0.1) is 6.92 Å². The van der Waals surface area contributed by atoms with E-state index in [0.717, 1.165) is 5.75 Å². The Balaban J connectivity index is 1.80. The lowest BCUT2D eigenvalue weighted by molar-refractivity contribution is 0.102. The summed E-state index contributed by atoms with van der Waals surface area (Å²) in [6, 6.07) is 14.0. The number of methoxy groups -OCH3 is 1. The Morgan fingerprint density at radius 2 is 1.75 bits per heavy atom. The standard InChI is InChI=1S/C17H15N3O4/c1-11-19-20-17(23-11)18-16(21)14-5-3-4-6-15(14)24-13-9-7-12(22-2)8-10-13/h3-10H,1-2H3,(H,18,20,21). The third-order valence-electron chi connectivity index (χ3n) is 3.17. The molecule has 1 N–H and O–H groups in total. The molecule has 1 aromatic heterocycles. The molecule has 122 valence electrons. The van der Waals surface area contributed by atoms with Gasteiger partial charge in [0.25, 0.3) is 5.91 Å². The van der Waals surface area contributed by atoms with Crippen molar-refractivity contribution >= 4 is 11.9 Å². The number of para-hydroxylation sites is 1. The van der Waals surface area contributed by atoms with Gasteiger partial charge in [-0.3, -0.25) is 10.1 Å². The summed E-state index contributed by atoms with van der Waals surface area (Å²) in [7, 11) is 1.59. The number of rotatable bonds is 5. The maximum absolute atomic E-state index is 12.4. The molecule has 1 amide bonds. The zero-order valence-electron chi connectivity index (χ0n) is 13.1. The number of aryl methyl sites for hydroxylation is 1. The van der Waals surface area contributed by atoms with E-state index in [0.29, 0.717) is 23.0 Å². The second-order valence-electron chi connectivity index (χ2n) is 4.85. The molecule has 0 spiro atoms. The highest BCUT2D eigenvalue weighted by molar-refractivity contribution is 6.05. The van der Waals surface area contributed by atoms with E-state index in [1.807, 2.05) is 0 Å². The van der Waals surface area contributed by atoms with Gasteiger partial charge < -0.3 is 13.9 Å². The van der Waals surface area contributed by atoms with Crippen LogP contribution in [0.5, 0.6) is 17.2 Å². The van der Waals surface area contributed by atoms with Gasteiger partial charge in [0, 0.05) is 6.92 Å². The zero-order chi connectivity index (χ0) is 16.9. The Kier molecular flexibility index (Phi) is 4.42. The van der Waals surface area contributed by atoms with Gasteiger partial charge in [0.15, 0.2) is 0 Å². The van der Waals surface area contributed by atoms with Crippen LogP contribution in [0.3, 0.4) is 0 Å². The van der Waals surface area contributed by atoms with Crippen molar-refractivity contribution in [3.8, 4) is 17.2 Å². The van der Waals surface area contributed by atoms with Crippen LogP contribution in [0.15, 0.2) is 52.9 Å². The van der Waals surface area contributed by atoms with Crippen LogP contribution < -0.4 is 14.8 Å². The second-order valence-corrected chi connectivity index (χ2v) is 4.85. The highest BCUT2D eigenvalue weighted by atomic mass is 16.5. The van der Waals surface area contributed by atoms with E-state index in [-0.39, 0.29) is 6.01 Å². The maximum Gasteiger partial charge on any atom is 0.322 e. The Labute approximate surface area is 138 Å². The number of benzene rings is 2. The van der Waals surface area contributed by atoms with Gasteiger partial charge in [-0.05, 0) is 36.4 Å². The molecule has 0 unspecified atom stereocenters. The smallest absolute Gasteiger partial charge is 0.322 e. The fraction of sp³-hybridized carbons (Fsp3) is 0.118. The van der Waals surface area contributed by atoms with Crippen LogP contribution in [0.2, 0.25) is 0 Å². The minimum absolute atomic E-state index is 0.0387. The quantitative estimate of drug-likeness (QED) is 0.773. The lowest BCUT2D eigenvalue weighted by Gasteiger charge is -2.10. The second kappa shape index (κ2) is 6.82. The number of nitrogens with zero attached hydrogens (tertiary/aromatic N) is 2. The van der Waals surface area contributed by atoms with E-state index in [4.69, 9.17) is 13.9 Å². The molecule has 1 heterocycles. The summed E-state index contributed by atoms with van der Waals surface area (Å²) in [4.78, 5) is 12.4. The molecule has 7 nitrogen and oxygen atoms in total. The average molecular weight is 325 g/mol. The lowest BCUT2D eigenvalue weighted by atomic mass is 10.2. The summed E-state index contributed by atoms with van der Waals surface area (Å²) in [5, 5.41) is 9.95. The topological polar surface area (TPSA) is 86.5 Å². The van der Waals surface area contributed by atoms with Gasteiger partial charge >= 0.3 is 6.01 Å². The van der Waals surface area contributed by atoms with Crippen LogP contribution in [0.1, 0.15) is 16.2 Å². The van der Waals surface area contributed by atoms with Gasteiger partial charge in [-0.25, -0.2) is 0 Å². The Bertz CT molecular complexity index is 843. The largest absolute Gasteiger partial charge is 0.497 e. The molecule has 0 fully saturated rings. The van der Waals surface area contributed by atoms with Crippen LogP contribution in [-0.4, -0.2) is 23.2 Å². The van der Waals surface area contributed by atoms with Crippen molar-refractivity contribution in [1.82, 2.24) is 10.2 Å². The van der Waals surface area contributed by atoms with Gasteiger partial charge in [0.05, 0.1) is 12.7 Å². The Hall–Kier alpha value is -3.35. The number of amides is 1. The van der Waals surface area contributed by atoms with Gasteiger partial charge in [0.1, 0.15) is 17.2 Å². The van der Waals surface area contributed by atoms with Crippen molar-refractivity contribution in [3.63, 3.8) is 0 Å². The number of ether oxygens (including phenoxy) is 2. The first-order valence-electron chi connectivity index (χ1n) is 7.18. The number of aromatic nitrogens is 2. The van der Waals surface area contributed by atoms with E-state index >= 15 is 0 Å². The molecular formula is C17H15N3O4. The number of carbonyl (C=O) groups excluding carboxylic acids is 1. The molecule has 3 rings (SSSR count). The van der Waals surface area contributed by atoms with Crippen molar-refractivity contribution in [3.05, 3.63) is 60.0 Å². The fourth-order valence-corrected chi connectivity index (χ4v) is 2.03. The van der Waals surface area contributed by atoms with Gasteiger partial charge in [-0.1, -0.05) is 17.2 Å². The van der Waals surface area contributed by atoms with E-state index in [2.05, 4.69) is 15.5 Å². The predicted octanol–water partition coefficient (Wildman–Crippen LogP) is 3.43. The highest BCUT2D eigenvalue weighted by Gasteiger charge is 2.15. The summed E-state index contributed by atoms with van der Waals surface area (Å²) in [6.45, 7) is 1.64. The molecule has 0 aliphatic carbocycles. The first kappa shape index (κ1) is 15.5. The minimum Gasteiger partial charge on any atom is -0.497 e. The molecule has 0 saturated carbocycles. The third-order valence-corrected chi connectivity index (χ3v) is 3.17. The van der Waals surface area contributed by atoms with Crippen molar-refractivity contribution in [2.24, 2.45) is 0 Å². The molecule has 0 atom stereocenters. The Morgan fingerprint density at radius 1 is 1.04 bits per heavy atom. The number of hydrogen-bond acceptors (Lipinski definition) is 6. The predicted molar refractivity (Wildman–Crippen MR) is 86.5 cm³/mol. The number of hydrogen-bond donors (Lipinski definition) is 1. The molecule has 2 aromatic carbocycles. The van der Waals surface area contributed by atoms with Crippen LogP contribution in [0.25, 0.3) is 0 Å². The maximum atomic E-state index is 12.4. The SMILES string of the molecule is COc1ccc(Oc2ccccc2C(=O)Nc2nnc(C)o2)cc1. The summed E-state index contributed by atoms with van der Waals surface area (Å²) in [6.07, 6.45) is 0. The normalized spacial score (nSPS) is 10.2. The van der Waals surface area contributed by atoms with E-state index in [1.165, 1.54) is 0 Å². The monoisotopic (exact) mass is 325 g/mol. The van der Waals surface area contributed by atoms with Crippen molar-refractivity contribution in [2.75, 3.05) is 12.4 Å². The molecule has 3 aromatic rings. The van der Waals surface area contributed by atoms with Crippen LogP contribution in [-0.2, 0) is 0 Å². The molecule has 0 saturated heterocycles. The number of carbonyl (C=O) groups is 1. The van der Waals surface area contributed by atoms with Gasteiger partial charge in [0.2, 0.25) is 5.89 Å². The summed E-state index contributed by atoms with van der Waals surface area (Å²) in [5.41, 5.74) is 0.351. The van der Waals surface area contributed by atoms with Gasteiger partial charge in [-0.15, -0.1) is 5.10 Å². The lowest BCUT2D eigenvalue weighted by Crippen LogP contribution is -2.13. The zero-order valence-corrected chi connectivity index (χ0v) is 13.1. The summed E-state index contributed by atoms with van der Waals surface area (Å²) < 4.78 is 16.0. The average Bonchev–Trinajstić information content (AvgIpc) is 3.01. The third kappa shape index (κ3) is 3.52. The van der Waals surface area contributed by atoms with Gasteiger partial charge in [-0.2, -0.15) is 0 Å². The van der Waals surface area contributed by atoms with E-state index in [9.17, 15) is 4.79 Å². The molecule has 0 radical (unpaired) electrons. The van der Waals surface area contributed by atoms with E-state index < -0.39 is 5.91 Å². The molecule has 0 aliphatic rings. The highest BCUT2D eigenvalue weighted by Crippen LogP contribution is 2.27. The minimum atomic E-state index is -0.400. The van der Waals surface area contributed by atoms with Crippen molar-refractivity contribution < 1.29 is 18.7 Å². The fourth-order valence-electron chi connectivity index (χ4n) is 2.03. The molecule has 0 bridgehead atoms. The number of anilines is 1. The first-order valence-corrected chi connectivity index (χ1v) is 7.18.